The van der Waals surface area contributed by atoms with Gasteiger partial charge in [0.1, 0.15) is 5.69 Å². The Kier molecular flexibility index (Phi) is 5.74. The van der Waals surface area contributed by atoms with Crippen molar-refractivity contribution in [3.8, 4) is 22.4 Å². The van der Waals surface area contributed by atoms with Crippen molar-refractivity contribution in [2.75, 3.05) is 13.1 Å². The number of aromatic amines is 1. The molecule has 0 saturated carbocycles. The predicted molar refractivity (Wildman–Crippen MR) is 104 cm³/mol. The van der Waals surface area contributed by atoms with Crippen LogP contribution in [-0.4, -0.2) is 28.3 Å². The molecule has 2 aromatic heterocycles. The Balaban J connectivity index is 0.00000182. The normalized spacial score (nSPS) is 14.9. The van der Waals surface area contributed by atoms with Crippen molar-refractivity contribution < 1.29 is 0 Å². The molecule has 1 saturated heterocycles. The Hall–Kier alpha value is -1.88. The Bertz CT molecular complexity index is 809. The van der Waals surface area contributed by atoms with Crippen LogP contribution in [0, 0.1) is 0 Å². The van der Waals surface area contributed by atoms with Crippen LogP contribution in [0.5, 0.6) is 0 Å². The van der Waals surface area contributed by atoms with Crippen molar-refractivity contribution in [2.24, 2.45) is 0 Å². The van der Waals surface area contributed by atoms with Gasteiger partial charge in [-0.25, -0.2) is 0 Å². The summed E-state index contributed by atoms with van der Waals surface area (Å²) in [5.41, 5.74) is 5.62. The Morgan fingerprint density at radius 2 is 1.60 bits per heavy atom. The number of rotatable bonds is 3. The lowest BCUT2D eigenvalue weighted by molar-refractivity contribution is 0.453. The molecule has 3 heterocycles. The largest absolute Gasteiger partial charge is 0.317 e. The van der Waals surface area contributed by atoms with E-state index in [2.05, 4.69) is 32.6 Å². The maximum absolute atomic E-state index is 6.04. The number of benzene rings is 1. The minimum absolute atomic E-state index is 0. The van der Waals surface area contributed by atoms with E-state index in [1.54, 1.807) is 0 Å². The van der Waals surface area contributed by atoms with Crippen LogP contribution >= 0.6 is 24.0 Å². The summed E-state index contributed by atoms with van der Waals surface area (Å²) in [6.07, 6.45) is 5.92. The van der Waals surface area contributed by atoms with Gasteiger partial charge < -0.3 is 5.32 Å². The van der Waals surface area contributed by atoms with Crippen molar-refractivity contribution in [3.63, 3.8) is 0 Å². The second kappa shape index (κ2) is 8.00. The summed E-state index contributed by atoms with van der Waals surface area (Å²) in [5.74, 6) is 0.503. The molecule has 0 unspecified atom stereocenters. The van der Waals surface area contributed by atoms with E-state index < -0.39 is 0 Å². The van der Waals surface area contributed by atoms with Crippen LogP contribution in [0.3, 0.4) is 0 Å². The van der Waals surface area contributed by atoms with Gasteiger partial charge >= 0.3 is 0 Å². The van der Waals surface area contributed by atoms with Gasteiger partial charge in [-0.1, -0.05) is 23.7 Å². The molecule has 25 heavy (non-hydrogen) atoms. The van der Waals surface area contributed by atoms with Crippen molar-refractivity contribution in [3.05, 3.63) is 59.5 Å². The van der Waals surface area contributed by atoms with E-state index in [1.807, 2.05) is 36.7 Å². The zero-order valence-electron chi connectivity index (χ0n) is 13.7. The molecular weight excluding hydrogens is 355 g/mol. The first-order valence-corrected chi connectivity index (χ1v) is 8.66. The van der Waals surface area contributed by atoms with Gasteiger partial charge in [0.25, 0.3) is 0 Å². The zero-order chi connectivity index (χ0) is 16.4. The first-order valence-electron chi connectivity index (χ1n) is 8.28. The number of hydrogen-bond acceptors (Lipinski definition) is 3. The Labute approximate surface area is 158 Å². The fourth-order valence-electron chi connectivity index (χ4n) is 3.39. The van der Waals surface area contributed by atoms with Crippen LogP contribution in [-0.2, 0) is 0 Å². The van der Waals surface area contributed by atoms with E-state index >= 15 is 0 Å². The summed E-state index contributed by atoms with van der Waals surface area (Å²) in [7, 11) is 0. The molecule has 130 valence electrons. The van der Waals surface area contributed by atoms with Crippen LogP contribution < -0.4 is 5.32 Å². The molecular formula is C19H20Cl2N4. The van der Waals surface area contributed by atoms with Gasteiger partial charge in [-0.3, -0.25) is 10.1 Å². The predicted octanol–water partition coefficient (Wildman–Crippen LogP) is 4.68. The molecule has 0 spiro atoms. The highest BCUT2D eigenvalue weighted by Crippen LogP contribution is 2.38. The van der Waals surface area contributed by atoms with E-state index in [1.165, 1.54) is 11.3 Å². The lowest BCUT2D eigenvalue weighted by Gasteiger charge is -2.22. The van der Waals surface area contributed by atoms with Gasteiger partial charge in [0.05, 0.1) is 0 Å². The van der Waals surface area contributed by atoms with Gasteiger partial charge in [0.15, 0.2) is 0 Å². The molecule has 0 amide bonds. The van der Waals surface area contributed by atoms with Crippen LogP contribution in [0.2, 0.25) is 5.02 Å². The molecule has 0 radical (unpaired) electrons. The van der Waals surface area contributed by atoms with E-state index in [4.69, 9.17) is 11.6 Å². The number of hydrogen-bond donors (Lipinski definition) is 2. The number of H-pyrrole nitrogens is 1. The highest BCUT2D eigenvalue weighted by atomic mass is 35.5. The number of halogens is 2. The highest BCUT2D eigenvalue weighted by molar-refractivity contribution is 6.30. The molecule has 2 N–H and O–H groups in total. The zero-order valence-corrected chi connectivity index (χ0v) is 15.3. The van der Waals surface area contributed by atoms with Crippen molar-refractivity contribution >= 4 is 24.0 Å². The van der Waals surface area contributed by atoms with E-state index in [-0.39, 0.29) is 12.4 Å². The summed E-state index contributed by atoms with van der Waals surface area (Å²) in [4.78, 5) is 4.15. The molecule has 4 rings (SSSR count). The Morgan fingerprint density at radius 3 is 2.28 bits per heavy atom. The van der Waals surface area contributed by atoms with Crippen LogP contribution in [0.1, 0.15) is 24.5 Å². The average Bonchev–Trinajstić information content (AvgIpc) is 3.09. The fourth-order valence-corrected chi connectivity index (χ4v) is 3.51. The summed E-state index contributed by atoms with van der Waals surface area (Å²) >= 11 is 6.04. The number of pyridine rings is 1. The summed E-state index contributed by atoms with van der Waals surface area (Å²) in [6.45, 7) is 2.10. The SMILES string of the molecule is Cl.Clc1ccc(-c2n[nH]c(C3CCNCC3)c2-c2ccncc2)cc1. The van der Waals surface area contributed by atoms with Crippen LogP contribution in [0.4, 0.5) is 0 Å². The molecule has 3 aromatic rings. The molecule has 0 aliphatic carbocycles. The molecule has 0 atom stereocenters. The topological polar surface area (TPSA) is 53.6 Å². The quantitative estimate of drug-likeness (QED) is 0.699. The second-order valence-corrected chi connectivity index (χ2v) is 6.56. The molecule has 4 nitrogen and oxygen atoms in total. The molecule has 1 aliphatic heterocycles. The minimum Gasteiger partial charge on any atom is -0.317 e. The second-order valence-electron chi connectivity index (χ2n) is 6.13. The third-order valence-corrected chi connectivity index (χ3v) is 4.88. The van der Waals surface area contributed by atoms with Crippen LogP contribution in [0.15, 0.2) is 48.8 Å². The molecule has 6 heteroatoms. The third-order valence-electron chi connectivity index (χ3n) is 4.63. The van der Waals surface area contributed by atoms with Gasteiger partial charge in [-0.15, -0.1) is 12.4 Å². The maximum atomic E-state index is 6.04. The molecule has 0 bridgehead atoms. The maximum Gasteiger partial charge on any atom is 0.100 e. The fraction of sp³-hybridized carbons (Fsp3) is 0.263. The van der Waals surface area contributed by atoms with Crippen LogP contribution in [0.25, 0.3) is 22.4 Å². The van der Waals surface area contributed by atoms with Gasteiger partial charge in [-0.05, 0) is 55.8 Å². The number of nitrogens with one attached hydrogen (secondary N) is 2. The highest BCUT2D eigenvalue weighted by Gasteiger charge is 2.24. The monoisotopic (exact) mass is 374 g/mol. The third kappa shape index (κ3) is 3.71. The van der Waals surface area contributed by atoms with Gasteiger partial charge in [0.2, 0.25) is 0 Å². The standard InChI is InChI=1S/C19H19ClN4.ClH/c20-16-3-1-14(2-4-16)18-17(13-5-9-21-10-6-13)19(24-23-18)15-7-11-22-12-8-15;/h1-6,9-10,15,22H,7-8,11-12H2,(H,23,24);1H. The Morgan fingerprint density at radius 1 is 0.920 bits per heavy atom. The lowest BCUT2D eigenvalue weighted by atomic mass is 9.88. The van der Waals surface area contributed by atoms with Gasteiger partial charge in [-0.2, -0.15) is 5.10 Å². The van der Waals surface area contributed by atoms with E-state index in [0.29, 0.717) is 5.92 Å². The molecule has 1 fully saturated rings. The number of piperidine rings is 1. The van der Waals surface area contributed by atoms with E-state index in [0.717, 1.165) is 47.8 Å². The average molecular weight is 375 g/mol. The summed E-state index contributed by atoms with van der Waals surface area (Å²) in [6, 6.07) is 12.0. The lowest BCUT2D eigenvalue weighted by Crippen LogP contribution is -2.27. The summed E-state index contributed by atoms with van der Waals surface area (Å²) in [5, 5.41) is 12.1. The van der Waals surface area contributed by atoms with Crippen molar-refractivity contribution in [2.45, 2.75) is 18.8 Å². The number of aromatic nitrogens is 3. The first-order chi connectivity index (χ1) is 11.8. The van der Waals surface area contributed by atoms with Crippen molar-refractivity contribution in [1.82, 2.24) is 20.5 Å². The minimum atomic E-state index is 0. The first kappa shape index (κ1) is 17.9. The molecule has 1 aliphatic rings. The van der Waals surface area contributed by atoms with E-state index in [9.17, 15) is 0 Å². The smallest absolute Gasteiger partial charge is 0.100 e. The van der Waals surface area contributed by atoms with Gasteiger partial charge in [0, 0.05) is 40.2 Å². The van der Waals surface area contributed by atoms with Crippen molar-refractivity contribution in [1.29, 1.82) is 0 Å². The molecule has 1 aromatic carbocycles. The number of nitrogens with zero attached hydrogens (tertiary/aromatic N) is 2. The summed E-state index contributed by atoms with van der Waals surface area (Å²) < 4.78 is 0.